The summed E-state index contributed by atoms with van der Waals surface area (Å²) in [5, 5.41) is 9.65. The molecule has 4 nitrogen and oxygen atoms in total. The van der Waals surface area contributed by atoms with Crippen molar-refractivity contribution in [3.05, 3.63) is 40.2 Å². The topological polar surface area (TPSA) is 59.4 Å². The molecule has 0 amide bonds. The van der Waals surface area contributed by atoms with Gasteiger partial charge in [0, 0.05) is 12.7 Å². The average molecular weight is 281 g/mol. The van der Waals surface area contributed by atoms with Crippen LogP contribution < -0.4 is 0 Å². The molecule has 0 saturated heterocycles. The molecule has 0 bridgehead atoms. The van der Waals surface area contributed by atoms with Gasteiger partial charge in [-0.1, -0.05) is 0 Å². The summed E-state index contributed by atoms with van der Waals surface area (Å²) in [6, 6.07) is 4.59. The number of ether oxygens (including phenoxy) is 1. The number of methoxy groups -OCH3 is 1. The smallest absolute Gasteiger partial charge is 0.347 e. The predicted octanol–water partition coefficient (Wildman–Crippen LogP) is 3.10. The summed E-state index contributed by atoms with van der Waals surface area (Å²) >= 11 is 1.06. The minimum atomic E-state index is -1.03. The number of aromatic carboxylic acids is 1. The molecule has 0 aliphatic heterocycles. The van der Waals surface area contributed by atoms with E-state index in [0.29, 0.717) is 21.8 Å². The van der Waals surface area contributed by atoms with Crippen LogP contribution in [0.3, 0.4) is 0 Å². The SMILES string of the molecule is COCc1nc(-c2ccc(F)c(C)c2)sc1C(=O)O. The highest BCUT2D eigenvalue weighted by atomic mass is 32.1. The maximum Gasteiger partial charge on any atom is 0.347 e. The number of carboxylic acids is 1. The highest BCUT2D eigenvalue weighted by Crippen LogP contribution is 2.29. The first-order valence-corrected chi connectivity index (χ1v) is 6.33. The molecule has 0 unspecified atom stereocenters. The third kappa shape index (κ3) is 2.80. The van der Waals surface area contributed by atoms with E-state index >= 15 is 0 Å². The Bertz CT molecular complexity index is 624. The second kappa shape index (κ2) is 5.46. The van der Waals surface area contributed by atoms with Crippen LogP contribution in [0.25, 0.3) is 10.6 Å². The highest BCUT2D eigenvalue weighted by Gasteiger charge is 2.18. The molecule has 0 saturated carbocycles. The highest BCUT2D eigenvalue weighted by molar-refractivity contribution is 7.17. The van der Waals surface area contributed by atoms with E-state index in [4.69, 9.17) is 9.84 Å². The summed E-state index contributed by atoms with van der Waals surface area (Å²) in [6.45, 7) is 1.79. The van der Waals surface area contributed by atoms with Crippen LogP contribution in [0.4, 0.5) is 4.39 Å². The van der Waals surface area contributed by atoms with Gasteiger partial charge in [-0.15, -0.1) is 11.3 Å². The minimum Gasteiger partial charge on any atom is -0.477 e. The van der Waals surface area contributed by atoms with Crippen molar-refractivity contribution in [2.24, 2.45) is 0 Å². The van der Waals surface area contributed by atoms with Crippen LogP contribution in [0.2, 0.25) is 0 Å². The Labute approximate surface area is 113 Å². The van der Waals surface area contributed by atoms with E-state index < -0.39 is 5.97 Å². The first-order chi connectivity index (χ1) is 9.02. The molecule has 0 aliphatic carbocycles. The molecule has 0 aliphatic rings. The quantitative estimate of drug-likeness (QED) is 0.935. The maximum atomic E-state index is 13.2. The minimum absolute atomic E-state index is 0.137. The fourth-order valence-corrected chi connectivity index (χ4v) is 2.56. The largest absolute Gasteiger partial charge is 0.477 e. The molecule has 0 spiro atoms. The third-order valence-electron chi connectivity index (χ3n) is 2.58. The van der Waals surface area contributed by atoms with Crippen LogP contribution in [0.15, 0.2) is 18.2 Å². The summed E-state index contributed by atoms with van der Waals surface area (Å²) in [4.78, 5) is 15.5. The molecule has 0 fully saturated rings. The number of benzene rings is 1. The molecule has 100 valence electrons. The van der Waals surface area contributed by atoms with Crippen molar-refractivity contribution in [1.82, 2.24) is 4.98 Å². The number of hydrogen-bond donors (Lipinski definition) is 1. The molecule has 0 atom stereocenters. The average Bonchev–Trinajstić information content (AvgIpc) is 2.77. The van der Waals surface area contributed by atoms with Gasteiger partial charge in [-0.3, -0.25) is 0 Å². The number of carboxylic acid groups (broad SMARTS) is 1. The van der Waals surface area contributed by atoms with Crippen molar-refractivity contribution in [2.45, 2.75) is 13.5 Å². The molecule has 1 aromatic heterocycles. The van der Waals surface area contributed by atoms with E-state index in [9.17, 15) is 9.18 Å². The Balaban J connectivity index is 2.47. The van der Waals surface area contributed by atoms with Crippen molar-refractivity contribution in [3.8, 4) is 10.6 Å². The zero-order valence-electron chi connectivity index (χ0n) is 10.4. The Morgan fingerprint density at radius 1 is 1.53 bits per heavy atom. The summed E-state index contributed by atoms with van der Waals surface area (Å²) in [6.07, 6.45) is 0. The number of rotatable bonds is 4. The molecule has 1 N–H and O–H groups in total. The van der Waals surface area contributed by atoms with E-state index in [2.05, 4.69) is 4.98 Å². The molecule has 1 heterocycles. The first kappa shape index (κ1) is 13.6. The van der Waals surface area contributed by atoms with Gasteiger partial charge < -0.3 is 9.84 Å². The van der Waals surface area contributed by atoms with Gasteiger partial charge in [0.2, 0.25) is 0 Å². The van der Waals surface area contributed by atoms with E-state index in [1.165, 1.54) is 13.2 Å². The lowest BCUT2D eigenvalue weighted by molar-refractivity contribution is 0.0697. The number of thiazole rings is 1. The molecule has 0 radical (unpaired) electrons. The molecule has 6 heteroatoms. The summed E-state index contributed by atoms with van der Waals surface area (Å²) in [7, 11) is 1.48. The van der Waals surface area contributed by atoms with Crippen LogP contribution in [0.5, 0.6) is 0 Å². The van der Waals surface area contributed by atoms with Gasteiger partial charge in [-0.25, -0.2) is 14.2 Å². The Hall–Kier alpha value is -1.79. The van der Waals surface area contributed by atoms with Crippen molar-refractivity contribution in [1.29, 1.82) is 0 Å². The van der Waals surface area contributed by atoms with E-state index in [0.717, 1.165) is 11.3 Å². The lowest BCUT2D eigenvalue weighted by atomic mass is 10.1. The molecule has 2 aromatic rings. The third-order valence-corrected chi connectivity index (χ3v) is 3.71. The van der Waals surface area contributed by atoms with Gasteiger partial charge in [-0.05, 0) is 30.7 Å². The number of hydrogen-bond acceptors (Lipinski definition) is 4. The zero-order chi connectivity index (χ0) is 14.0. The standard InChI is InChI=1S/C13H12FNO3S/c1-7-5-8(3-4-9(7)14)12-15-10(6-18-2)11(19-12)13(16)17/h3-5H,6H2,1-2H3,(H,16,17). The van der Waals surface area contributed by atoms with E-state index in [-0.39, 0.29) is 17.3 Å². The lowest BCUT2D eigenvalue weighted by Gasteiger charge is -1.99. The van der Waals surface area contributed by atoms with Gasteiger partial charge in [0.05, 0.1) is 12.3 Å². The number of halogens is 1. The molecular formula is C13H12FNO3S. The van der Waals surface area contributed by atoms with Crippen molar-refractivity contribution in [2.75, 3.05) is 7.11 Å². The Morgan fingerprint density at radius 3 is 2.84 bits per heavy atom. The molecule has 2 rings (SSSR count). The van der Waals surface area contributed by atoms with Crippen LogP contribution in [-0.2, 0) is 11.3 Å². The number of carbonyl (C=O) groups is 1. The van der Waals surface area contributed by atoms with Crippen LogP contribution in [0, 0.1) is 12.7 Å². The summed E-state index contributed by atoms with van der Waals surface area (Å²) < 4.78 is 18.1. The van der Waals surface area contributed by atoms with Crippen molar-refractivity contribution >= 4 is 17.3 Å². The van der Waals surface area contributed by atoms with E-state index in [1.807, 2.05) is 0 Å². The van der Waals surface area contributed by atoms with Crippen LogP contribution in [-0.4, -0.2) is 23.2 Å². The Kier molecular flexibility index (Phi) is 3.92. The summed E-state index contributed by atoms with van der Waals surface area (Å²) in [5.41, 5.74) is 1.59. The van der Waals surface area contributed by atoms with Crippen LogP contribution in [0.1, 0.15) is 20.9 Å². The Morgan fingerprint density at radius 2 is 2.26 bits per heavy atom. The number of aryl methyl sites for hydroxylation is 1. The van der Waals surface area contributed by atoms with Crippen molar-refractivity contribution < 1.29 is 19.0 Å². The van der Waals surface area contributed by atoms with Gasteiger partial charge >= 0.3 is 5.97 Å². The van der Waals surface area contributed by atoms with Crippen LogP contribution >= 0.6 is 11.3 Å². The monoisotopic (exact) mass is 281 g/mol. The fraction of sp³-hybridized carbons (Fsp3) is 0.231. The molecule has 19 heavy (non-hydrogen) atoms. The number of nitrogens with zero attached hydrogens (tertiary/aromatic N) is 1. The van der Waals surface area contributed by atoms with Gasteiger partial charge in [0.15, 0.2) is 0 Å². The van der Waals surface area contributed by atoms with E-state index in [1.54, 1.807) is 19.1 Å². The first-order valence-electron chi connectivity index (χ1n) is 5.51. The number of aromatic nitrogens is 1. The second-order valence-electron chi connectivity index (χ2n) is 4.00. The van der Waals surface area contributed by atoms with Gasteiger partial charge in [0.1, 0.15) is 15.7 Å². The molecular weight excluding hydrogens is 269 g/mol. The van der Waals surface area contributed by atoms with Gasteiger partial charge in [0.25, 0.3) is 0 Å². The molecule has 1 aromatic carbocycles. The second-order valence-corrected chi connectivity index (χ2v) is 5.00. The predicted molar refractivity (Wildman–Crippen MR) is 69.9 cm³/mol. The fourth-order valence-electron chi connectivity index (χ4n) is 1.65. The van der Waals surface area contributed by atoms with Gasteiger partial charge in [-0.2, -0.15) is 0 Å². The van der Waals surface area contributed by atoms with Crippen molar-refractivity contribution in [3.63, 3.8) is 0 Å². The normalized spacial score (nSPS) is 10.7. The summed E-state index contributed by atoms with van der Waals surface area (Å²) in [5.74, 6) is -1.33. The lowest BCUT2D eigenvalue weighted by Crippen LogP contribution is -1.99. The maximum absolute atomic E-state index is 13.2. The zero-order valence-corrected chi connectivity index (χ0v) is 11.3.